The lowest BCUT2D eigenvalue weighted by molar-refractivity contribution is 0.142. The summed E-state index contributed by atoms with van der Waals surface area (Å²) in [5.74, 6) is -0.762. The van der Waals surface area contributed by atoms with Gasteiger partial charge in [0.2, 0.25) is 0 Å². The van der Waals surface area contributed by atoms with Crippen LogP contribution < -0.4 is 5.73 Å². The molecule has 1 heterocycles. The Morgan fingerprint density at radius 3 is 2.62 bits per heavy atom. The van der Waals surface area contributed by atoms with Crippen molar-refractivity contribution in [2.45, 2.75) is 13.0 Å². The van der Waals surface area contributed by atoms with Crippen LogP contribution in [-0.4, -0.2) is 15.2 Å². The van der Waals surface area contributed by atoms with Crippen LogP contribution in [0, 0.1) is 0 Å². The highest BCUT2D eigenvalue weighted by Crippen LogP contribution is 2.32. The number of pyridine rings is 1. The number of anilines is 1. The maximum atomic E-state index is 12.1. The molecule has 1 aromatic rings. The molecular formula is C7H8F2N2O2. The minimum absolute atomic E-state index is 0.127. The number of nitrogen functional groups attached to an aromatic ring is 1. The van der Waals surface area contributed by atoms with Gasteiger partial charge in [-0.05, 0) is 0 Å². The SMILES string of the molecule is Nc1c(CO)cnc(C(F)F)c1O. The molecule has 0 saturated heterocycles. The molecule has 0 aliphatic heterocycles. The fourth-order valence-electron chi connectivity index (χ4n) is 0.854. The van der Waals surface area contributed by atoms with E-state index in [2.05, 4.69) is 4.98 Å². The lowest BCUT2D eigenvalue weighted by Gasteiger charge is -2.07. The van der Waals surface area contributed by atoms with Crippen LogP contribution in [0.2, 0.25) is 0 Å². The van der Waals surface area contributed by atoms with E-state index in [4.69, 9.17) is 15.9 Å². The number of rotatable bonds is 2. The zero-order chi connectivity index (χ0) is 10.0. The Morgan fingerprint density at radius 2 is 2.15 bits per heavy atom. The number of aromatic hydroxyl groups is 1. The van der Waals surface area contributed by atoms with Gasteiger partial charge in [-0.25, -0.2) is 8.78 Å². The fourth-order valence-corrected chi connectivity index (χ4v) is 0.854. The van der Waals surface area contributed by atoms with Crippen molar-refractivity contribution in [1.29, 1.82) is 0 Å². The predicted molar refractivity (Wildman–Crippen MR) is 41.2 cm³/mol. The van der Waals surface area contributed by atoms with Gasteiger partial charge < -0.3 is 15.9 Å². The first kappa shape index (κ1) is 9.66. The highest BCUT2D eigenvalue weighted by molar-refractivity contribution is 5.58. The summed E-state index contributed by atoms with van der Waals surface area (Å²) in [6.45, 7) is -0.449. The first-order valence-corrected chi connectivity index (χ1v) is 3.43. The molecule has 4 nitrogen and oxygen atoms in total. The number of aliphatic hydroxyl groups is 1. The van der Waals surface area contributed by atoms with Crippen LogP contribution in [-0.2, 0) is 6.61 Å². The standard InChI is InChI=1S/C7H8F2N2O2/c8-7(9)5-6(13)4(10)3(2-12)1-11-5/h1,7,12-13H,2H2,(H2,10,11). The highest BCUT2D eigenvalue weighted by atomic mass is 19.3. The first-order chi connectivity index (χ1) is 6.07. The Bertz CT molecular complexity index is 318. The molecule has 0 aromatic carbocycles. The molecule has 0 spiro atoms. The molecule has 0 bridgehead atoms. The first-order valence-electron chi connectivity index (χ1n) is 3.43. The van der Waals surface area contributed by atoms with Gasteiger partial charge in [-0.1, -0.05) is 0 Å². The van der Waals surface area contributed by atoms with Gasteiger partial charge in [0.1, 0.15) is 5.69 Å². The van der Waals surface area contributed by atoms with Gasteiger partial charge in [-0.3, -0.25) is 4.98 Å². The largest absolute Gasteiger partial charge is 0.504 e. The quantitative estimate of drug-likeness (QED) is 0.644. The van der Waals surface area contributed by atoms with Gasteiger partial charge in [-0.15, -0.1) is 0 Å². The zero-order valence-corrected chi connectivity index (χ0v) is 6.54. The van der Waals surface area contributed by atoms with Crippen molar-refractivity contribution < 1.29 is 19.0 Å². The molecule has 0 amide bonds. The van der Waals surface area contributed by atoms with E-state index >= 15 is 0 Å². The number of aromatic nitrogens is 1. The zero-order valence-electron chi connectivity index (χ0n) is 6.54. The van der Waals surface area contributed by atoms with E-state index in [0.29, 0.717) is 0 Å². The van der Waals surface area contributed by atoms with Gasteiger partial charge in [-0.2, -0.15) is 0 Å². The lowest BCUT2D eigenvalue weighted by Crippen LogP contribution is -2.00. The number of alkyl halides is 2. The number of aliphatic hydroxyl groups excluding tert-OH is 1. The maximum Gasteiger partial charge on any atom is 0.284 e. The highest BCUT2D eigenvalue weighted by Gasteiger charge is 2.18. The predicted octanol–water partition coefficient (Wildman–Crippen LogP) is 0.799. The van der Waals surface area contributed by atoms with Gasteiger partial charge in [0.15, 0.2) is 5.75 Å². The van der Waals surface area contributed by atoms with Crippen LogP contribution in [0.25, 0.3) is 0 Å². The molecule has 1 rings (SSSR count). The van der Waals surface area contributed by atoms with Crippen molar-refractivity contribution in [1.82, 2.24) is 4.98 Å². The van der Waals surface area contributed by atoms with Crippen molar-refractivity contribution in [3.05, 3.63) is 17.5 Å². The summed E-state index contributed by atoms with van der Waals surface area (Å²) < 4.78 is 24.2. The summed E-state index contributed by atoms with van der Waals surface area (Å²) in [6.07, 6.45) is -1.87. The third-order valence-corrected chi connectivity index (χ3v) is 1.58. The maximum absolute atomic E-state index is 12.1. The molecule has 1 aromatic heterocycles. The third-order valence-electron chi connectivity index (χ3n) is 1.58. The van der Waals surface area contributed by atoms with Crippen LogP contribution in [0.15, 0.2) is 6.20 Å². The average molecular weight is 190 g/mol. The van der Waals surface area contributed by atoms with Gasteiger partial charge in [0.05, 0.1) is 12.3 Å². The topological polar surface area (TPSA) is 79.4 Å². The second-order valence-electron chi connectivity index (χ2n) is 2.39. The smallest absolute Gasteiger partial charge is 0.284 e. The van der Waals surface area contributed by atoms with Gasteiger partial charge in [0, 0.05) is 11.8 Å². The van der Waals surface area contributed by atoms with E-state index in [1.165, 1.54) is 0 Å². The number of hydrogen-bond acceptors (Lipinski definition) is 4. The van der Waals surface area contributed by atoms with E-state index in [9.17, 15) is 8.78 Å². The number of nitrogens with two attached hydrogens (primary N) is 1. The van der Waals surface area contributed by atoms with E-state index < -0.39 is 24.5 Å². The van der Waals surface area contributed by atoms with Crippen molar-refractivity contribution >= 4 is 5.69 Å². The molecule has 0 radical (unpaired) electrons. The Kier molecular flexibility index (Phi) is 2.62. The second kappa shape index (κ2) is 3.53. The third kappa shape index (κ3) is 1.67. The Labute approximate surface area is 72.6 Å². The molecule has 4 N–H and O–H groups in total. The molecule has 0 aliphatic carbocycles. The normalized spacial score (nSPS) is 10.8. The summed E-state index contributed by atoms with van der Waals surface area (Å²) in [6, 6.07) is 0. The van der Waals surface area contributed by atoms with Crippen molar-refractivity contribution in [2.75, 3.05) is 5.73 Å². The van der Waals surface area contributed by atoms with E-state index in [-0.39, 0.29) is 11.3 Å². The molecule has 13 heavy (non-hydrogen) atoms. The number of hydrogen-bond donors (Lipinski definition) is 3. The fraction of sp³-hybridized carbons (Fsp3) is 0.286. The Balaban J connectivity index is 3.23. The van der Waals surface area contributed by atoms with Gasteiger partial charge in [0.25, 0.3) is 6.43 Å². The Morgan fingerprint density at radius 1 is 1.54 bits per heavy atom. The molecule has 6 heteroatoms. The second-order valence-corrected chi connectivity index (χ2v) is 2.39. The summed E-state index contributed by atoms with van der Waals surface area (Å²) >= 11 is 0. The van der Waals surface area contributed by atoms with Crippen LogP contribution in [0.4, 0.5) is 14.5 Å². The summed E-state index contributed by atoms with van der Waals surface area (Å²) in [5.41, 5.74) is 4.35. The van der Waals surface area contributed by atoms with Crippen LogP contribution >= 0.6 is 0 Å². The molecule has 72 valence electrons. The average Bonchev–Trinajstić information content (AvgIpc) is 2.09. The van der Waals surface area contributed by atoms with Crippen LogP contribution in [0.1, 0.15) is 17.7 Å². The molecule has 0 saturated carbocycles. The molecule has 0 atom stereocenters. The van der Waals surface area contributed by atoms with Crippen molar-refractivity contribution in [3.63, 3.8) is 0 Å². The molecule has 0 unspecified atom stereocenters. The molecule has 0 aliphatic rings. The van der Waals surface area contributed by atoms with E-state index in [1.54, 1.807) is 0 Å². The molecular weight excluding hydrogens is 182 g/mol. The minimum atomic E-state index is -2.88. The summed E-state index contributed by atoms with van der Waals surface area (Å²) in [4.78, 5) is 3.27. The van der Waals surface area contributed by atoms with Crippen molar-refractivity contribution in [3.8, 4) is 5.75 Å². The molecule has 0 fully saturated rings. The van der Waals surface area contributed by atoms with E-state index in [0.717, 1.165) is 6.20 Å². The minimum Gasteiger partial charge on any atom is -0.504 e. The Hall–Kier alpha value is -1.43. The number of nitrogens with zero attached hydrogens (tertiary/aromatic N) is 1. The number of halogens is 2. The van der Waals surface area contributed by atoms with Crippen LogP contribution in [0.5, 0.6) is 5.75 Å². The van der Waals surface area contributed by atoms with Crippen molar-refractivity contribution in [2.24, 2.45) is 0 Å². The van der Waals surface area contributed by atoms with E-state index in [1.807, 2.05) is 0 Å². The van der Waals surface area contributed by atoms with Gasteiger partial charge >= 0.3 is 0 Å². The summed E-state index contributed by atoms with van der Waals surface area (Å²) in [7, 11) is 0. The van der Waals surface area contributed by atoms with Crippen LogP contribution in [0.3, 0.4) is 0 Å². The monoisotopic (exact) mass is 190 g/mol. The summed E-state index contributed by atoms with van der Waals surface area (Å²) in [5, 5.41) is 17.8. The lowest BCUT2D eigenvalue weighted by atomic mass is 10.2.